The summed E-state index contributed by atoms with van der Waals surface area (Å²) in [5.41, 5.74) is 3.28. The lowest BCUT2D eigenvalue weighted by molar-refractivity contribution is 0.127. The van der Waals surface area contributed by atoms with Crippen molar-refractivity contribution in [3.63, 3.8) is 0 Å². The van der Waals surface area contributed by atoms with Crippen molar-refractivity contribution in [2.45, 2.75) is 25.3 Å². The van der Waals surface area contributed by atoms with Gasteiger partial charge in [-0.1, -0.05) is 18.2 Å². The van der Waals surface area contributed by atoms with E-state index in [-0.39, 0.29) is 5.54 Å². The number of para-hydroxylation sites is 1. The first-order valence-electron chi connectivity index (χ1n) is 7.57. The molecule has 2 aromatic rings. The van der Waals surface area contributed by atoms with Crippen LogP contribution in [0.5, 0.6) is 0 Å². The topological polar surface area (TPSA) is 46.2 Å². The van der Waals surface area contributed by atoms with Crippen LogP contribution in [0, 0.1) is 6.92 Å². The fourth-order valence-electron chi connectivity index (χ4n) is 3.19. The minimum absolute atomic E-state index is 0.0486. The number of aryl methyl sites for hydroxylation is 1. The second-order valence-corrected chi connectivity index (χ2v) is 5.93. The SMILES string of the molecule is COCC1(CNc2cc(C)nc3ccccc23)CCCN1. The van der Waals surface area contributed by atoms with Gasteiger partial charge in [0.15, 0.2) is 0 Å². The lowest BCUT2D eigenvalue weighted by Crippen LogP contribution is -2.49. The van der Waals surface area contributed by atoms with Crippen LogP contribution in [0.4, 0.5) is 5.69 Å². The Balaban J connectivity index is 1.84. The molecule has 0 radical (unpaired) electrons. The van der Waals surface area contributed by atoms with Crippen LogP contribution in [0.25, 0.3) is 10.9 Å². The number of methoxy groups -OCH3 is 1. The van der Waals surface area contributed by atoms with Crippen molar-refractivity contribution >= 4 is 16.6 Å². The predicted octanol–water partition coefficient (Wildman–Crippen LogP) is 2.72. The molecular formula is C17H23N3O. The Kier molecular flexibility index (Phi) is 4.08. The summed E-state index contributed by atoms with van der Waals surface area (Å²) in [5, 5.41) is 8.39. The summed E-state index contributed by atoms with van der Waals surface area (Å²) in [6.45, 7) is 4.72. The van der Waals surface area contributed by atoms with Crippen molar-refractivity contribution in [3.05, 3.63) is 36.0 Å². The zero-order valence-corrected chi connectivity index (χ0v) is 12.8. The molecule has 112 valence electrons. The summed E-state index contributed by atoms with van der Waals surface area (Å²) in [6, 6.07) is 10.4. The highest BCUT2D eigenvalue weighted by atomic mass is 16.5. The van der Waals surface area contributed by atoms with E-state index in [1.54, 1.807) is 7.11 Å². The number of anilines is 1. The highest BCUT2D eigenvalue weighted by Gasteiger charge is 2.33. The second-order valence-electron chi connectivity index (χ2n) is 5.93. The van der Waals surface area contributed by atoms with Gasteiger partial charge in [-0.2, -0.15) is 0 Å². The Morgan fingerprint density at radius 2 is 2.24 bits per heavy atom. The van der Waals surface area contributed by atoms with Crippen LogP contribution in [0.15, 0.2) is 30.3 Å². The fourth-order valence-corrected chi connectivity index (χ4v) is 3.19. The van der Waals surface area contributed by atoms with Gasteiger partial charge in [-0.3, -0.25) is 4.98 Å². The minimum Gasteiger partial charge on any atom is -0.383 e. The molecule has 0 spiro atoms. The second kappa shape index (κ2) is 6.00. The van der Waals surface area contributed by atoms with Crippen molar-refractivity contribution in [1.29, 1.82) is 0 Å². The number of hydrogen-bond donors (Lipinski definition) is 2. The zero-order valence-electron chi connectivity index (χ0n) is 12.8. The normalized spacial score (nSPS) is 21.8. The molecule has 1 aliphatic rings. The third kappa shape index (κ3) is 3.01. The Morgan fingerprint density at radius 1 is 1.38 bits per heavy atom. The number of nitrogens with one attached hydrogen (secondary N) is 2. The van der Waals surface area contributed by atoms with Crippen LogP contribution < -0.4 is 10.6 Å². The molecule has 1 fully saturated rings. The number of benzene rings is 1. The van der Waals surface area contributed by atoms with Gasteiger partial charge in [0.2, 0.25) is 0 Å². The molecule has 0 saturated carbocycles. The average Bonchev–Trinajstić information content (AvgIpc) is 2.94. The molecule has 1 aromatic heterocycles. The quantitative estimate of drug-likeness (QED) is 0.886. The Labute approximate surface area is 125 Å². The first-order chi connectivity index (χ1) is 10.2. The molecule has 0 aliphatic carbocycles. The van der Waals surface area contributed by atoms with Gasteiger partial charge < -0.3 is 15.4 Å². The summed E-state index contributed by atoms with van der Waals surface area (Å²) < 4.78 is 5.41. The number of ether oxygens (including phenoxy) is 1. The van der Waals surface area contributed by atoms with Crippen molar-refractivity contribution < 1.29 is 4.74 Å². The molecule has 1 aromatic carbocycles. The molecule has 2 N–H and O–H groups in total. The van der Waals surface area contributed by atoms with Gasteiger partial charge in [-0.05, 0) is 38.4 Å². The highest BCUT2D eigenvalue weighted by molar-refractivity contribution is 5.91. The highest BCUT2D eigenvalue weighted by Crippen LogP contribution is 2.25. The Hall–Kier alpha value is -1.65. The summed E-state index contributed by atoms with van der Waals surface area (Å²) in [6.07, 6.45) is 2.36. The predicted molar refractivity (Wildman–Crippen MR) is 86.8 cm³/mol. The number of hydrogen-bond acceptors (Lipinski definition) is 4. The van der Waals surface area contributed by atoms with E-state index in [4.69, 9.17) is 4.74 Å². The maximum Gasteiger partial charge on any atom is 0.0725 e. The smallest absolute Gasteiger partial charge is 0.0725 e. The maximum absolute atomic E-state index is 5.41. The molecule has 4 nitrogen and oxygen atoms in total. The van der Waals surface area contributed by atoms with E-state index in [1.165, 1.54) is 11.8 Å². The van der Waals surface area contributed by atoms with Gasteiger partial charge in [0.25, 0.3) is 0 Å². The maximum atomic E-state index is 5.41. The van der Waals surface area contributed by atoms with E-state index >= 15 is 0 Å². The number of fused-ring (bicyclic) bond motifs is 1. The van der Waals surface area contributed by atoms with Crippen molar-refractivity contribution in [1.82, 2.24) is 10.3 Å². The number of pyridine rings is 1. The lowest BCUT2D eigenvalue weighted by Gasteiger charge is -2.29. The summed E-state index contributed by atoms with van der Waals surface area (Å²) >= 11 is 0. The summed E-state index contributed by atoms with van der Waals surface area (Å²) in [5.74, 6) is 0. The van der Waals surface area contributed by atoms with Gasteiger partial charge in [-0.25, -0.2) is 0 Å². The lowest BCUT2D eigenvalue weighted by atomic mass is 9.98. The molecule has 4 heteroatoms. The molecule has 1 unspecified atom stereocenters. The van der Waals surface area contributed by atoms with Crippen LogP contribution in [0.2, 0.25) is 0 Å². The first kappa shape index (κ1) is 14.3. The zero-order chi connectivity index (χ0) is 14.7. The molecule has 21 heavy (non-hydrogen) atoms. The van der Waals surface area contributed by atoms with Crippen LogP contribution in [-0.2, 0) is 4.74 Å². The molecule has 0 bridgehead atoms. The summed E-state index contributed by atoms with van der Waals surface area (Å²) in [7, 11) is 1.77. The summed E-state index contributed by atoms with van der Waals surface area (Å²) in [4.78, 5) is 4.59. The van der Waals surface area contributed by atoms with Crippen LogP contribution in [-0.4, -0.2) is 37.3 Å². The van der Waals surface area contributed by atoms with Gasteiger partial charge in [0.1, 0.15) is 0 Å². The van der Waals surface area contributed by atoms with Crippen LogP contribution in [0.1, 0.15) is 18.5 Å². The number of nitrogens with zero attached hydrogens (tertiary/aromatic N) is 1. The van der Waals surface area contributed by atoms with Gasteiger partial charge in [0.05, 0.1) is 17.7 Å². The minimum atomic E-state index is 0.0486. The van der Waals surface area contributed by atoms with E-state index in [0.29, 0.717) is 0 Å². The van der Waals surface area contributed by atoms with Crippen LogP contribution >= 0.6 is 0 Å². The third-order valence-electron chi connectivity index (χ3n) is 4.21. The van der Waals surface area contributed by atoms with Crippen LogP contribution in [0.3, 0.4) is 0 Å². The standard InChI is InChI=1S/C17H23N3O/c1-13-10-16(14-6-3-4-7-15(14)20-13)18-11-17(12-21-2)8-5-9-19-17/h3-4,6-7,10,19H,5,8-9,11-12H2,1-2H3,(H,18,20). The van der Waals surface area contributed by atoms with E-state index in [9.17, 15) is 0 Å². The van der Waals surface area contributed by atoms with Gasteiger partial charge in [0, 0.05) is 30.4 Å². The molecule has 1 atom stereocenters. The molecule has 1 aliphatic heterocycles. The Bertz CT molecular complexity index is 620. The monoisotopic (exact) mass is 285 g/mol. The van der Waals surface area contributed by atoms with Crippen molar-refractivity contribution in [3.8, 4) is 0 Å². The van der Waals surface area contributed by atoms with E-state index in [1.807, 2.05) is 13.0 Å². The van der Waals surface area contributed by atoms with Gasteiger partial charge in [-0.15, -0.1) is 0 Å². The molecule has 1 saturated heterocycles. The van der Waals surface area contributed by atoms with Gasteiger partial charge >= 0.3 is 0 Å². The number of aromatic nitrogens is 1. The Morgan fingerprint density at radius 3 is 3.00 bits per heavy atom. The average molecular weight is 285 g/mol. The first-order valence-corrected chi connectivity index (χ1v) is 7.57. The molecule has 2 heterocycles. The van der Waals surface area contributed by atoms with E-state index in [2.05, 4.69) is 39.9 Å². The fraction of sp³-hybridized carbons (Fsp3) is 0.471. The van der Waals surface area contributed by atoms with Crippen molar-refractivity contribution in [2.24, 2.45) is 0 Å². The van der Waals surface area contributed by atoms with Crippen molar-refractivity contribution in [2.75, 3.05) is 32.1 Å². The largest absolute Gasteiger partial charge is 0.383 e. The van der Waals surface area contributed by atoms with E-state index in [0.717, 1.165) is 43.0 Å². The van der Waals surface area contributed by atoms with E-state index < -0.39 is 0 Å². The molecular weight excluding hydrogens is 262 g/mol. The molecule has 0 amide bonds. The number of rotatable bonds is 5. The third-order valence-corrected chi connectivity index (χ3v) is 4.21. The molecule has 3 rings (SSSR count).